The Bertz CT molecular complexity index is 164. The summed E-state index contributed by atoms with van der Waals surface area (Å²) in [5.74, 6) is 3.58. The average Bonchev–Trinajstić information content (AvgIpc) is 2.33. The highest BCUT2D eigenvalue weighted by Crippen LogP contribution is 2.19. The second-order valence-corrected chi connectivity index (χ2v) is 6.86. The lowest BCUT2D eigenvalue weighted by Gasteiger charge is -2.22. The third kappa shape index (κ3) is 8.96. The summed E-state index contributed by atoms with van der Waals surface area (Å²) in [5, 5.41) is 0. The summed E-state index contributed by atoms with van der Waals surface area (Å²) in [6.07, 6.45) is 11.4. The van der Waals surface area contributed by atoms with Gasteiger partial charge in [0, 0.05) is 6.61 Å². The van der Waals surface area contributed by atoms with Crippen molar-refractivity contribution in [2.75, 3.05) is 18.1 Å². The summed E-state index contributed by atoms with van der Waals surface area (Å²) >= 11 is 2.14. The van der Waals surface area contributed by atoms with Crippen molar-refractivity contribution in [3.05, 3.63) is 0 Å². The molecule has 1 rings (SSSR count). The molecule has 1 atom stereocenters. The van der Waals surface area contributed by atoms with Gasteiger partial charge in [0.05, 0.1) is 6.10 Å². The Morgan fingerprint density at radius 1 is 1.12 bits per heavy atom. The Morgan fingerprint density at radius 3 is 2.71 bits per heavy atom. The first-order valence-electron chi connectivity index (χ1n) is 7.48. The normalized spacial score (nSPS) is 21.0. The zero-order valence-electron chi connectivity index (χ0n) is 11.7. The molecule has 1 unspecified atom stereocenters. The van der Waals surface area contributed by atoms with Crippen molar-refractivity contribution in [2.24, 2.45) is 5.92 Å². The Kier molecular flexibility index (Phi) is 9.27. The first-order chi connectivity index (χ1) is 8.29. The SMILES string of the molecule is CC(C)CCSCCCCCC1CCCCO1. The standard InChI is InChI=1S/C15H30OS/c1-14(2)10-13-17-12-7-3-4-8-15-9-5-6-11-16-15/h14-15H,3-13H2,1-2H3. The zero-order valence-corrected chi connectivity index (χ0v) is 12.6. The second kappa shape index (κ2) is 10.3. The summed E-state index contributed by atoms with van der Waals surface area (Å²) in [7, 11) is 0. The summed E-state index contributed by atoms with van der Waals surface area (Å²) in [5.41, 5.74) is 0. The smallest absolute Gasteiger partial charge is 0.0575 e. The van der Waals surface area contributed by atoms with Crippen molar-refractivity contribution in [3.63, 3.8) is 0 Å². The number of rotatable bonds is 9. The minimum absolute atomic E-state index is 0.595. The fraction of sp³-hybridized carbons (Fsp3) is 1.00. The number of hydrogen-bond acceptors (Lipinski definition) is 2. The van der Waals surface area contributed by atoms with E-state index in [1.54, 1.807) is 0 Å². The van der Waals surface area contributed by atoms with E-state index in [9.17, 15) is 0 Å². The molecule has 17 heavy (non-hydrogen) atoms. The van der Waals surface area contributed by atoms with Gasteiger partial charge in [-0.05, 0) is 55.9 Å². The van der Waals surface area contributed by atoms with E-state index in [1.807, 2.05) is 0 Å². The number of ether oxygens (including phenoxy) is 1. The highest BCUT2D eigenvalue weighted by Gasteiger charge is 2.12. The average molecular weight is 258 g/mol. The summed E-state index contributed by atoms with van der Waals surface area (Å²) < 4.78 is 5.74. The Morgan fingerprint density at radius 2 is 2.00 bits per heavy atom. The molecule has 1 nitrogen and oxygen atoms in total. The number of thioether (sulfide) groups is 1. The second-order valence-electron chi connectivity index (χ2n) is 5.63. The van der Waals surface area contributed by atoms with Gasteiger partial charge in [0.25, 0.3) is 0 Å². The molecular weight excluding hydrogens is 228 g/mol. The molecule has 0 amide bonds. The topological polar surface area (TPSA) is 9.23 Å². The van der Waals surface area contributed by atoms with Gasteiger partial charge in [-0.25, -0.2) is 0 Å². The zero-order chi connectivity index (χ0) is 12.3. The molecule has 0 aromatic rings. The fourth-order valence-electron chi connectivity index (χ4n) is 2.21. The highest BCUT2D eigenvalue weighted by atomic mass is 32.2. The quantitative estimate of drug-likeness (QED) is 0.544. The van der Waals surface area contributed by atoms with E-state index in [0.717, 1.165) is 12.5 Å². The molecule has 0 aromatic heterocycles. The van der Waals surface area contributed by atoms with Crippen LogP contribution >= 0.6 is 11.8 Å². The van der Waals surface area contributed by atoms with E-state index >= 15 is 0 Å². The van der Waals surface area contributed by atoms with Crippen molar-refractivity contribution >= 4 is 11.8 Å². The van der Waals surface area contributed by atoms with Crippen LogP contribution in [-0.4, -0.2) is 24.2 Å². The van der Waals surface area contributed by atoms with Gasteiger partial charge >= 0.3 is 0 Å². The van der Waals surface area contributed by atoms with Crippen molar-refractivity contribution in [1.82, 2.24) is 0 Å². The van der Waals surface area contributed by atoms with Crippen molar-refractivity contribution < 1.29 is 4.74 Å². The molecule has 0 N–H and O–H groups in total. The van der Waals surface area contributed by atoms with E-state index in [0.29, 0.717) is 6.10 Å². The lowest BCUT2D eigenvalue weighted by Crippen LogP contribution is -2.18. The van der Waals surface area contributed by atoms with Crippen LogP contribution in [-0.2, 0) is 4.74 Å². The van der Waals surface area contributed by atoms with Gasteiger partial charge in [0.2, 0.25) is 0 Å². The Hall–Kier alpha value is 0.310. The molecule has 2 heteroatoms. The molecular formula is C15H30OS. The van der Waals surface area contributed by atoms with Crippen molar-refractivity contribution in [1.29, 1.82) is 0 Å². The maximum Gasteiger partial charge on any atom is 0.0575 e. The largest absolute Gasteiger partial charge is 0.378 e. The van der Waals surface area contributed by atoms with Crippen molar-refractivity contribution in [3.8, 4) is 0 Å². The molecule has 1 saturated heterocycles. The molecule has 0 aromatic carbocycles. The van der Waals surface area contributed by atoms with E-state index in [2.05, 4.69) is 25.6 Å². The van der Waals surface area contributed by atoms with E-state index in [1.165, 1.54) is 62.9 Å². The third-order valence-corrected chi connectivity index (χ3v) is 4.53. The van der Waals surface area contributed by atoms with Crippen LogP contribution < -0.4 is 0 Å². The van der Waals surface area contributed by atoms with Crippen LogP contribution in [0.2, 0.25) is 0 Å². The van der Waals surface area contributed by atoms with Crippen LogP contribution in [0.15, 0.2) is 0 Å². The molecule has 0 aliphatic carbocycles. The van der Waals surface area contributed by atoms with Crippen LogP contribution in [0.1, 0.15) is 65.2 Å². The van der Waals surface area contributed by atoms with E-state index in [4.69, 9.17) is 4.74 Å². The fourth-order valence-corrected chi connectivity index (χ4v) is 3.46. The highest BCUT2D eigenvalue weighted by molar-refractivity contribution is 7.99. The first kappa shape index (κ1) is 15.4. The molecule has 102 valence electrons. The van der Waals surface area contributed by atoms with E-state index in [-0.39, 0.29) is 0 Å². The number of unbranched alkanes of at least 4 members (excludes halogenated alkanes) is 2. The van der Waals surface area contributed by atoms with E-state index < -0.39 is 0 Å². The van der Waals surface area contributed by atoms with Gasteiger partial charge < -0.3 is 4.74 Å². The molecule has 0 bridgehead atoms. The minimum atomic E-state index is 0.595. The molecule has 1 fully saturated rings. The van der Waals surface area contributed by atoms with Crippen LogP contribution in [0.25, 0.3) is 0 Å². The van der Waals surface area contributed by atoms with Crippen molar-refractivity contribution in [2.45, 2.75) is 71.3 Å². The molecule has 1 aliphatic heterocycles. The van der Waals surface area contributed by atoms with Crippen LogP contribution in [0, 0.1) is 5.92 Å². The van der Waals surface area contributed by atoms with Gasteiger partial charge in [-0.2, -0.15) is 11.8 Å². The van der Waals surface area contributed by atoms with Gasteiger partial charge in [-0.3, -0.25) is 0 Å². The van der Waals surface area contributed by atoms with Gasteiger partial charge in [0.15, 0.2) is 0 Å². The lowest BCUT2D eigenvalue weighted by molar-refractivity contribution is 0.00985. The van der Waals surface area contributed by atoms with Crippen LogP contribution in [0.3, 0.4) is 0 Å². The van der Waals surface area contributed by atoms with Crippen LogP contribution in [0.5, 0.6) is 0 Å². The monoisotopic (exact) mass is 258 g/mol. The summed E-state index contributed by atoms with van der Waals surface area (Å²) in [4.78, 5) is 0. The third-order valence-electron chi connectivity index (χ3n) is 3.43. The van der Waals surface area contributed by atoms with Gasteiger partial charge in [-0.15, -0.1) is 0 Å². The Balaban J connectivity index is 1.78. The first-order valence-corrected chi connectivity index (χ1v) is 8.64. The minimum Gasteiger partial charge on any atom is -0.378 e. The predicted molar refractivity (Wildman–Crippen MR) is 78.8 cm³/mol. The number of hydrogen-bond donors (Lipinski definition) is 0. The predicted octanol–water partition coefficient (Wildman–Crippen LogP) is 4.90. The molecule has 1 aliphatic rings. The van der Waals surface area contributed by atoms with Gasteiger partial charge in [-0.1, -0.05) is 26.7 Å². The maximum atomic E-state index is 5.74. The van der Waals surface area contributed by atoms with Gasteiger partial charge in [0.1, 0.15) is 0 Å². The maximum absolute atomic E-state index is 5.74. The van der Waals surface area contributed by atoms with Crippen LogP contribution in [0.4, 0.5) is 0 Å². The Labute approximate surface area is 112 Å². The molecule has 0 spiro atoms. The summed E-state index contributed by atoms with van der Waals surface area (Å²) in [6, 6.07) is 0. The molecule has 0 saturated carbocycles. The molecule has 1 heterocycles. The summed E-state index contributed by atoms with van der Waals surface area (Å²) in [6.45, 7) is 5.63. The molecule has 0 radical (unpaired) electrons. The lowest BCUT2D eigenvalue weighted by atomic mass is 10.0.